The molecule has 2 fully saturated rings. The molecule has 13 heteroatoms. The summed E-state index contributed by atoms with van der Waals surface area (Å²) >= 11 is 0. The third-order valence-electron chi connectivity index (χ3n) is 7.65. The van der Waals surface area contributed by atoms with E-state index in [0.29, 0.717) is 32.2 Å². The van der Waals surface area contributed by atoms with Gasteiger partial charge in [0, 0.05) is 25.6 Å². The predicted molar refractivity (Wildman–Crippen MR) is 149 cm³/mol. The SMILES string of the molecule is CC(C)N(C)S(=O)(=O)NC(=O)[C@@]12C[C@@H]1/C=C\CCCCC[C@H](NC(=O)OC(C)(C)C)C(=O)N1CCC[C@H]1C(=O)N2. The Hall–Kier alpha value is -2.67. The van der Waals surface area contributed by atoms with Crippen LogP contribution in [0.15, 0.2) is 12.2 Å². The predicted octanol–water partition coefficient (Wildman–Crippen LogP) is 1.97. The molecule has 12 nitrogen and oxygen atoms in total. The summed E-state index contributed by atoms with van der Waals surface area (Å²) in [5, 5.41) is 5.51. The molecule has 4 atom stereocenters. The lowest BCUT2D eigenvalue weighted by molar-refractivity contribution is -0.141. The highest BCUT2D eigenvalue weighted by Crippen LogP contribution is 2.45. The molecule has 226 valence electrons. The zero-order valence-electron chi connectivity index (χ0n) is 24.5. The monoisotopic (exact) mass is 583 g/mol. The van der Waals surface area contributed by atoms with Crippen LogP contribution in [0.2, 0.25) is 0 Å². The Bertz CT molecular complexity index is 1120. The molecule has 3 aliphatic rings. The van der Waals surface area contributed by atoms with Crippen LogP contribution in [-0.4, -0.2) is 84.3 Å². The van der Waals surface area contributed by atoms with Crippen molar-refractivity contribution in [3.05, 3.63) is 12.2 Å². The van der Waals surface area contributed by atoms with Crippen LogP contribution >= 0.6 is 0 Å². The van der Waals surface area contributed by atoms with Crippen molar-refractivity contribution in [2.24, 2.45) is 5.92 Å². The van der Waals surface area contributed by atoms with Crippen molar-refractivity contribution >= 4 is 34.0 Å². The summed E-state index contributed by atoms with van der Waals surface area (Å²) < 4.78 is 34.1. The minimum atomic E-state index is -4.12. The number of carbonyl (C=O) groups excluding carboxylic acids is 4. The molecule has 0 bridgehead atoms. The lowest BCUT2D eigenvalue weighted by Gasteiger charge is -2.31. The third kappa shape index (κ3) is 7.74. The number of carbonyl (C=O) groups is 4. The van der Waals surface area contributed by atoms with E-state index < -0.39 is 51.3 Å². The normalized spacial score (nSPS) is 29.0. The van der Waals surface area contributed by atoms with Gasteiger partial charge in [0.2, 0.25) is 11.8 Å². The van der Waals surface area contributed by atoms with Crippen LogP contribution in [0.1, 0.15) is 86.0 Å². The first-order valence-electron chi connectivity index (χ1n) is 14.2. The first kappa shape index (κ1) is 31.9. The first-order valence-corrected chi connectivity index (χ1v) is 15.6. The van der Waals surface area contributed by atoms with E-state index in [1.54, 1.807) is 34.6 Å². The minimum absolute atomic E-state index is 0.255. The third-order valence-corrected chi connectivity index (χ3v) is 9.28. The van der Waals surface area contributed by atoms with Gasteiger partial charge in [-0.2, -0.15) is 12.7 Å². The molecule has 1 saturated carbocycles. The molecule has 1 saturated heterocycles. The standard InChI is InChI=1S/C27H45N5O7S/c1-18(2)31(6)40(37,38)30-24(35)27-17-19(27)13-10-8-7-9-11-14-20(28-25(36)39-26(3,4)5)23(34)32-16-12-15-21(32)22(33)29-27/h10,13,18-21H,7-9,11-12,14-17H2,1-6H3,(H,28,36)(H,29,33)(H,30,35)/b13-10-/t19-,20-,21-,27+/m0/s1. The molecule has 1 aliphatic carbocycles. The average molecular weight is 584 g/mol. The Morgan fingerprint density at radius 2 is 1.85 bits per heavy atom. The summed E-state index contributed by atoms with van der Waals surface area (Å²) in [6.07, 6.45) is 7.83. The highest BCUT2D eigenvalue weighted by atomic mass is 32.2. The van der Waals surface area contributed by atoms with Crippen molar-refractivity contribution in [2.75, 3.05) is 13.6 Å². The maximum Gasteiger partial charge on any atom is 0.408 e. The van der Waals surface area contributed by atoms with E-state index in [-0.39, 0.29) is 24.3 Å². The van der Waals surface area contributed by atoms with Gasteiger partial charge in [-0.15, -0.1) is 0 Å². The van der Waals surface area contributed by atoms with Gasteiger partial charge in [-0.3, -0.25) is 14.4 Å². The summed E-state index contributed by atoms with van der Waals surface area (Å²) in [6.45, 7) is 8.92. The second-order valence-corrected chi connectivity index (χ2v) is 14.0. The van der Waals surface area contributed by atoms with Crippen LogP contribution in [-0.2, 0) is 29.3 Å². The maximum absolute atomic E-state index is 13.6. The second kappa shape index (κ2) is 12.5. The summed E-state index contributed by atoms with van der Waals surface area (Å²) in [5.41, 5.74) is -2.16. The average Bonchev–Trinajstić information content (AvgIpc) is 3.30. The van der Waals surface area contributed by atoms with Gasteiger partial charge in [0.1, 0.15) is 23.2 Å². The van der Waals surface area contributed by atoms with Gasteiger partial charge in [-0.25, -0.2) is 9.52 Å². The topological polar surface area (TPSA) is 154 Å². The van der Waals surface area contributed by atoms with Gasteiger partial charge in [0.25, 0.3) is 5.91 Å². The first-order chi connectivity index (χ1) is 18.6. The number of hydrogen-bond donors (Lipinski definition) is 3. The molecule has 40 heavy (non-hydrogen) atoms. The van der Waals surface area contributed by atoms with Crippen LogP contribution in [0.25, 0.3) is 0 Å². The largest absolute Gasteiger partial charge is 0.444 e. The highest BCUT2D eigenvalue weighted by Gasteiger charge is 2.61. The van der Waals surface area contributed by atoms with E-state index in [9.17, 15) is 27.6 Å². The van der Waals surface area contributed by atoms with Crippen molar-refractivity contribution in [3.8, 4) is 0 Å². The number of nitrogens with one attached hydrogen (secondary N) is 3. The van der Waals surface area contributed by atoms with Gasteiger partial charge in [-0.05, 0) is 73.1 Å². The van der Waals surface area contributed by atoms with Gasteiger partial charge >= 0.3 is 16.3 Å². The van der Waals surface area contributed by atoms with Crippen molar-refractivity contribution in [1.82, 2.24) is 24.6 Å². The Morgan fingerprint density at radius 1 is 1.15 bits per heavy atom. The zero-order valence-corrected chi connectivity index (χ0v) is 25.3. The van der Waals surface area contributed by atoms with Gasteiger partial charge in [0.05, 0.1) is 0 Å². The molecule has 2 aliphatic heterocycles. The summed E-state index contributed by atoms with van der Waals surface area (Å²) in [5.74, 6) is -2.05. The number of allylic oxidation sites excluding steroid dienone is 1. The van der Waals surface area contributed by atoms with E-state index in [2.05, 4.69) is 15.4 Å². The van der Waals surface area contributed by atoms with E-state index in [1.807, 2.05) is 12.2 Å². The number of nitrogens with zero attached hydrogens (tertiary/aromatic N) is 2. The molecular formula is C27H45N5O7S. The molecular weight excluding hydrogens is 538 g/mol. The molecule has 0 unspecified atom stereocenters. The number of fused-ring (bicyclic) bond motifs is 2. The van der Waals surface area contributed by atoms with Gasteiger partial charge < -0.3 is 20.3 Å². The maximum atomic E-state index is 13.6. The number of amides is 4. The summed E-state index contributed by atoms with van der Waals surface area (Å²) in [6, 6.07) is -2.07. The fourth-order valence-corrected chi connectivity index (χ4v) is 6.22. The van der Waals surface area contributed by atoms with Crippen LogP contribution in [0.4, 0.5) is 4.79 Å². The molecule has 0 aromatic heterocycles. The molecule has 4 amide bonds. The van der Waals surface area contributed by atoms with Gasteiger partial charge in [0.15, 0.2) is 0 Å². The molecule has 2 heterocycles. The van der Waals surface area contributed by atoms with E-state index in [1.165, 1.54) is 11.9 Å². The van der Waals surface area contributed by atoms with E-state index in [4.69, 9.17) is 4.74 Å². The summed E-state index contributed by atoms with van der Waals surface area (Å²) in [4.78, 5) is 54.6. The molecule has 0 aromatic rings. The lowest BCUT2D eigenvalue weighted by Crippen LogP contribution is -2.59. The molecule has 3 rings (SSSR count). The highest BCUT2D eigenvalue weighted by molar-refractivity contribution is 7.87. The second-order valence-electron chi connectivity index (χ2n) is 12.3. The Labute approximate surface area is 237 Å². The number of alkyl carbamates (subject to hydrolysis) is 1. The number of hydrogen-bond acceptors (Lipinski definition) is 7. The van der Waals surface area contributed by atoms with Gasteiger partial charge in [-0.1, -0.05) is 25.0 Å². The minimum Gasteiger partial charge on any atom is -0.444 e. The quantitative estimate of drug-likeness (QED) is 0.418. The smallest absolute Gasteiger partial charge is 0.408 e. The van der Waals surface area contributed by atoms with E-state index >= 15 is 0 Å². The van der Waals surface area contributed by atoms with Crippen molar-refractivity contribution in [1.29, 1.82) is 0 Å². The van der Waals surface area contributed by atoms with Crippen molar-refractivity contribution < 1.29 is 32.3 Å². The molecule has 0 spiro atoms. The molecule has 3 N–H and O–H groups in total. The van der Waals surface area contributed by atoms with Crippen LogP contribution in [0.5, 0.6) is 0 Å². The Kier molecular flexibility index (Phi) is 9.92. The number of ether oxygens (including phenoxy) is 1. The van der Waals surface area contributed by atoms with Crippen LogP contribution < -0.4 is 15.4 Å². The van der Waals surface area contributed by atoms with Crippen LogP contribution in [0, 0.1) is 5.92 Å². The lowest BCUT2D eigenvalue weighted by atomic mass is 10.0. The van der Waals surface area contributed by atoms with E-state index in [0.717, 1.165) is 23.6 Å². The Balaban J connectivity index is 1.85. The molecule has 0 radical (unpaired) electrons. The Morgan fingerprint density at radius 3 is 2.50 bits per heavy atom. The summed E-state index contributed by atoms with van der Waals surface area (Å²) in [7, 11) is -2.74. The van der Waals surface area contributed by atoms with Crippen molar-refractivity contribution in [2.45, 2.75) is 115 Å². The zero-order chi connectivity index (χ0) is 29.9. The fourth-order valence-electron chi connectivity index (χ4n) is 5.10. The van der Waals surface area contributed by atoms with Crippen molar-refractivity contribution in [3.63, 3.8) is 0 Å². The number of rotatable bonds is 5. The van der Waals surface area contributed by atoms with Crippen LogP contribution in [0.3, 0.4) is 0 Å². The molecule has 0 aromatic carbocycles. The fraction of sp³-hybridized carbons (Fsp3) is 0.778.